The van der Waals surface area contributed by atoms with E-state index in [1.807, 2.05) is 6.92 Å². The first-order chi connectivity index (χ1) is 12.0. The van der Waals surface area contributed by atoms with Crippen LogP contribution >= 0.6 is 23.4 Å². The Hall–Kier alpha value is -2.38. The quantitative estimate of drug-likeness (QED) is 0.660. The van der Waals surface area contributed by atoms with Gasteiger partial charge in [-0.05, 0) is 48.9 Å². The van der Waals surface area contributed by atoms with Crippen molar-refractivity contribution in [3.8, 4) is 11.5 Å². The highest BCUT2D eigenvalue weighted by atomic mass is 35.5. The third-order valence-electron chi connectivity index (χ3n) is 3.37. The highest BCUT2D eigenvalue weighted by Gasteiger charge is 2.12. The summed E-state index contributed by atoms with van der Waals surface area (Å²) in [5, 5.41) is 11.4. The summed E-state index contributed by atoms with van der Waals surface area (Å²) < 4.78 is 18.4. The molecule has 8 heteroatoms. The molecule has 1 aromatic heterocycles. The first kappa shape index (κ1) is 17.4. The highest BCUT2D eigenvalue weighted by molar-refractivity contribution is 7.99. The summed E-state index contributed by atoms with van der Waals surface area (Å²) in [5.74, 6) is -0.173. The van der Waals surface area contributed by atoms with Crippen LogP contribution in [0.25, 0.3) is 11.5 Å². The van der Waals surface area contributed by atoms with Gasteiger partial charge in [-0.2, -0.15) is 0 Å². The van der Waals surface area contributed by atoms with Crippen molar-refractivity contribution in [2.45, 2.75) is 12.1 Å². The van der Waals surface area contributed by atoms with E-state index >= 15 is 0 Å². The molecule has 2 aromatic carbocycles. The Morgan fingerprint density at radius 3 is 2.76 bits per heavy atom. The predicted octanol–water partition coefficient (Wildman–Crippen LogP) is 4.57. The molecule has 0 fully saturated rings. The number of carbonyl (C=O) groups is 1. The molecule has 0 saturated heterocycles. The Kier molecular flexibility index (Phi) is 5.35. The van der Waals surface area contributed by atoms with E-state index in [1.165, 1.54) is 12.1 Å². The van der Waals surface area contributed by atoms with Crippen molar-refractivity contribution in [3.63, 3.8) is 0 Å². The molecule has 0 aliphatic carbocycles. The molecule has 128 valence electrons. The average molecular weight is 378 g/mol. The van der Waals surface area contributed by atoms with Crippen LogP contribution in [0, 0.1) is 12.7 Å². The summed E-state index contributed by atoms with van der Waals surface area (Å²) >= 11 is 7.14. The van der Waals surface area contributed by atoms with Crippen molar-refractivity contribution < 1.29 is 13.6 Å². The minimum Gasteiger partial charge on any atom is -0.411 e. The number of nitrogens with one attached hydrogen (secondary N) is 1. The molecular weight excluding hydrogens is 365 g/mol. The smallest absolute Gasteiger partial charge is 0.277 e. The van der Waals surface area contributed by atoms with Crippen LogP contribution in [0.1, 0.15) is 5.56 Å². The van der Waals surface area contributed by atoms with Gasteiger partial charge < -0.3 is 9.73 Å². The molecule has 3 aromatic rings. The maximum absolute atomic E-state index is 12.9. The molecule has 25 heavy (non-hydrogen) atoms. The lowest BCUT2D eigenvalue weighted by Crippen LogP contribution is -2.14. The van der Waals surface area contributed by atoms with Crippen LogP contribution in [0.15, 0.2) is 52.1 Å². The molecule has 1 N–H and O–H groups in total. The Bertz CT molecular complexity index is 899. The van der Waals surface area contributed by atoms with E-state index in [2.05, 4.69) is 15.5 Å². The molecule has 0 aliphatic heterocycles. The van der Waals surface area contributed by atoms with Crippen LogP contribution in [-0.2, 0) is 4.79 Å². The van der Waals surface area contributed by atoms with E-state index < -0.39 is 0 Å². The third kappa shape index (κ3) is 4.37. The fourth-order valence-electron chi connectivity index (χ4n) is 2.03. The van der Waals surface area contributed by atoms with E-state index in [4.69, 9.17) is 16.0 Å². The number of carbonyl (C=O) groups excluding carboxylic acids is 1. The molecule has 0 saturated carbocycles. The third-order valence-corrected chi connectivity index (χ3v) is 4.59. The molecule has 1 heterocycles. The molecular formula is C17H13ClFN3O2S. The van der Waals surface area contributed by atoms with E-state index in [1.54, 1.807) is 30.3 Å². The Morgan fingerprint density at radius 2 is 2.00 bits per heavy atom. The van der Waals surface area contributed by atoms with Crippen molar-refractivity contribution >= 4 is 35.0 Å². The number of rotatable bonds is 5. The van der Waals surface area contributed by atoms with Gasteiger partial charge in [0.05, 0.1) is 5.75 Å². The summed E-state index contributed by atoms with van der Waals surface area (Å²) in [6.45, 7) is 1.83. The summed E-state index contributed by atoms with van der Waals surface area (Å²) in [4.78, 5) is 12.1. The molecule has 0 radical (unpaired) electrons. The number of anilines is 1. The second kappa shape index (κ2) is 7.67. The van der Waals surface area contributed by atoms with Gasteiger partial charge in [0.25, 0.3) is 5.22 Å². The number of hydrogen-bond donors (Lipinski definition) is 1. The average Bonchev–Trinajstić information content (AvgIpc) is 3.07. The van der Waals surface area contributed by atoms with E-state index in [0.717, 1.165) is 17.3 Å². The number of nitrogens with zero attached hydrogens (tertiary/aromatic N) is 2. The second-order valence-corrected chi connectivity index (χ2v) is 6.46. The number of thioether (sulfide) groups is 1. The van der Waals surface area contributed by atoms with Crippen LogP contribution in [0.4, 0.5) is 10.1 Å². The van der Waals surface area contributed by atoms with Crippen molar-refractivity contribution in [1.82, 2.24) is 10.2 Å². The van der Waals surface area contributed by atoms with Crippen LogP contribution in [0.3, 0.4) is 0 Å². The minimum absolute atomic E-state index is 0.108. The number of halogens is 2. The first-order valence-electron chi connectivity index (χ1n) is 7.30. The Labute approximate surface area is 152 Å². The molecule has 0 atom stereocenters. The van der Waals surface area contributed by atoms with Crippen LogP contribution in [0.5, 0.6) is 0 Å². The second-order valence-electron chi connectivity index (χ2n) is 5.13. The van der Waals surface area contributed by atoms with Gasteiger partial charge >= 0.3 is 0 Å². The van der Waals surface area contributed by atoms with Gasteiger partial charge in [-0.25, -0.2) is 4.39 Å². The molecule has 3 rings (SSSR count). The van der Waals surface area contributed by atoms with Gasteiger partial charge in [0.15, 0.2) is 0 Å². The standard InChI is InChI=1S/C17H13ClFN3O2S/c1-10-13(18)3-2-4-14(10)20-15(23)9-25-17-22-21-16(24-17)11-5-7-12(19)8-6-11/h2-8H,9H2,1H3,(H,20,23). The maximum Gasteiger partial charge on any atom is 0.277 e. The van der Waals surface area contributed by atoms with E-state index in [-0.39, 0.29) is 28.6 Å². The van der Waals surface area contributed by atoms with E-state index in [9.17, 15) is 9.18 Å². The molecule has 1 amide bonds. The number of hydrogen-bond acceptors (Lipinski definition) is 5. The largest absolute Gasteiger partial charge is 0.411 e. The van der Waals surface area contributed by atoms with Gasteiger partial charge in [0, 0.05) is 16.3 Å². The maximum atomic E-state index is 12.9. The summed E-state index contributed by atoms with van der Waals surface area (Å²) in [6.07, 6.45) is 0. The van der Waals surface area contributed by atoms with E-state index in [0.29, 0.717) is 16.3 Å². The topological polar surface area (TPSA) is 68.0 Å². The van der Waals surface area contributed by atoms with Gasteiger partial charge in [-0.1, -0.05) is 29.4 Å². The molecule has 5 nitrogen and oxygen atoms in total. The van der Waals surface area contributed by atoms with Crippen molar-refractivity contribution in [1.29, 1.82) is 0 Å². The highest BCUT2D eigenvalue weighted by Crippen LogP contribution is 2.25. The van der Waals surface area contributed by atoms with Gasteiger partial charge in [0.2, 0.25) is 11.8 Å². The molecule has 0 spiro atoms. The first-order valence-corrected chi connectivity index (χ1v) is 8.66. The van der Waals surface area contributed by atoms with Crippen LogP contribution < -0.4 is 5.32 Å². The lowest BCUT2D eigenvalue weighted by Gasteiger charge is -2.08. The Balaban J connectivity index is 1.59. The zero-order valence-electron chi connectivity index (χ0n) is 13.1. The fraction of sp³-hybridized carbons (Fsp3) is 0.118. The van der Waals surface area contributed by atoms with Crippen molar-refractivity contribution in [3.05, 3.63) is 58.9 Å². The van der Waals surface area contributed by atoms with Gasteiger partial charge in [-0.15, -0.1) is 10.2 Å². The van der Waals surface area contributed by atoms with Crippen LogP contribution in [0.2, 0.25) is 5.02 Å². The van der Waals surface area contributed by atoms with Crippen molar-refractivity contribution in [2.75, 3.05) is 11.1 Å². The summed E-state index contributed by atoms with van der Waals surface area (Å²) in [7, 11) is 0. The summed E-state index contributed by atoms with van der Waals surface area (Å²) in [6, 6.07) is 11.0. The monoisotopic (exact) mass is 377 g/mol. The zero-order valence-corrected chi connectivity index (χ0v) is 14.7. The molecule has 0 bridgehead atoms. The SMILES string of the molecule is Cc1c(Cl)cccc1NC(=O)CSc1nnc(-c2ccc(F)cc2)o1. The Morgan fingerprint density at radius 1 is 1.24 bits per heavy atom. The molecule has 0 unspecified atom stereocenters. The van der Waals surface area contributed by atoms with Gasteiger partial charge in [-0.3, -0.25) is 4.79 Å². The lowest BCUT2D eigenvalue weighted by atomic mass is 10.2. The van der Waals surface area contributed by atoms with Crippen molar-refractivity contribution in [2.24, 2.45) is 0 Å². The number of amides is 1. The summed E-state index contributed by atoms with van der Waals surface area (Å²) in [5.41, 5.74) is 2.08. The fourth-order valence-corrected chi connectivity index (χ4v) is 2.77. The number of aromatic nitrogens is 2. The zero-order chi connectivity index (χ0) is 17.8. The lowest BCUT2D eigenvalue weighted by molar-refractivity contribution is -0.113. The van der Waals surface area contributed by atoms with Gasteiger partial charge in [0.1, 0.15) is 5.82 Å². The predicted molar refractivity (Wildman–Crippen MR) is 95.2 cm³/mol. The minimum atomic E-state index is -0.342. The molecule has 0 aliphatic rings. The van der Waals surface area contributed by atoms with Crippen LogP contribution in [-0.4, -0.2) is 21.9 Å². The number of benzene rings is 2. The normalized spacial score (nSPS) is 10.7.